The zero-order valence-electron chi connectivity index (χ0n) is 9.78. The maximum absolute atomic E-state index is 6.18. The molecule has 1 aliphatic heterocycles. The average molecular weight is 244 g/mol. The van der Waals surface area contributed by atoms with E-state index in [1.54, 1.807) is 0 Å². The molecule has 0 spiro atoms. The molecule has 2 aromatic rings. The Bertz CT molecular complexity index is 538. The molecule has 2 heteroatoms. The lowest BCUT2D eigenvalue weighted by Gasteiger charge is -2.18. The maximum Gasteiger partial charge on any atom is 0.0455 e. The summed E-state index contributed by atoms with van der Waals surface area (Å²) in [6, 6.07) is 14.9. The summed E-state index contributed by atoms with van der Waals surface area (Å²) >= 11 is 6.18. The second-order valence-corrected chi connectivity index (χ2v) is 4.97. The van der Waals surface area contributed by atoms with Crippen LogP contribution in [0.4, 0.5) is 5.69 Å². The fourth-order valence-corrected chi connectivity index (χ4v) is 2.47. The van der Waals surface area contributed by atoms with Crippen LogP contribution in [-0.4, -0.2) is 0 Å². The minimum absolute atomic E-state index is 0.846. The second kappa shape index (κ2) is 4.08. The molecule has 3 rings (SSSR count). The Labute approximate surface area is 107 Å². The second-order valence-electron chi connectivity index (χ2n) is 4.56. The number of halogens is 1. The molecule has 0 aromatic heterocycles. The van der Waals surface area contributed by atoms with Crippen molar-refractivity contribution in [1.29, 1.82) is 0 Å². The standard InChI is InChI=1S/C15H14ClN/c1-11-6-7-14(8-15(11)16)17-9-12-4-2-3-5-13(12)10-17/h2-8H,9-10H2,1H3. The monoisotopic (exact) mass is 243 g/mol. The van der Waals surface area contributed by atoms with Crippen LogP contribution in [0.5, 0.6) is 0 Å². The molecule has 0 radical (unpaired) electrons. The zero-order valence-corrected chi connectivity index (χ0v) is 10.5. The lowest BCUT2D eigenvalue weighted by Crippen LogP contribution is -2.14. The van der Waals surface area contributed by atoms with E-state index < -0.39 is 0 Å². The summed E-state index contributed by atoms with van der Waals surface area (Å²) in [4.78, 5) is 2.36. The molecule has 0 amide bonds. The Hall–Kier alpha value is -1.47. The van der Waals surface area contributed by atoms with Gasteiger partial charge in [0.1, 0.15) is 0 Å². The Morgan fingerprint density at radius 2 is 1.65 bits per heavy atom. The van der Waals surface area contributed by atoms with Crippen molar-refractivity contribution >= 4 is 17.3 Å². The van der Waals surface area contributed by atoms with E-state index in [0.717, 1.165) is 23.7 Å². The number of benzene rings is 2. The first-order chi connectivity index (χ1) is 8.24. The average Bonchev–Trinajstić information content (AvgIpc) is 2.76. The highest BCUT2D eigenvalue weighted by Crippen LogP contribution is 2.30. The van der Waals surface area contributed by atoms with Gasteiger partial charge in [-0.05, 0) is 35.7 Å². The number of aryl methyl sites for hydroxylation is 1. The predicted molar refractivity (Wildman–Crippen MR) is 72.5 cm³/mol. The van der Waals surface area contributed by atoms with Gasteiger partial charge >= 0.3 is 0 Å². The van der Waals surface area contributed by atoms with Crippen LogP contribution in [0.25, 0.3) is 0 Å². The van der Waals surface area contributed by atoms with Gasteiger partial charge in [-0.2, -0.15) is 0 Å². The summed E-state index contributed by atoms with van der Waals surface area (Å²) in [7, 11) is 0. The lowest BCUT2D eigenvalue weighted by atomic mass is 10.1. The van der Waals surface area contributed by atoms with Crippen LogP contribution in [0, 0.1) is 6.92 Å². The van der Waals surface area contributed by atoms with Gasteiger partial charge in [-0.25, -0.2) is 0 Å². The maximum atomic E-state index is 6.18. The Kier molecular flexibility index (Phi) is 2.56. The first kappa shape index (κ1) is 10.7. The molecule has 0 N–H and O–H groups in total. The third-order valence-electron chi connectivity index (χ3n) is 3.36. The number of anilines is 1. The molecule has 1 aliphatic rings. The molecule has 1 heterocycles. The molecule has 0 fully saturated rings. The molecule has 0 aliphatic carbocycles. The van der Waals surface area contributed by atoms with E-state index in [9.17, 15) is 0 Å². The van der Waals surface area contributed by atoms with E-state index in [2.05, 4.69) is 47.4 Å². The minimum Gasteiger partial charge on any atom is -0.363 e. The van der Waals surface area contributed by atoms with Crippen LogP contribution in [0.15, 0.2) is 42.5 Å². The molecule has 17 heavy (non-hydrogen) atoms. The van der Waals surface area contributed by atoms with Crippen molar-refractivity contribution in [2.24, 2.45) is 0 Å². The van der Waals surface area contributed by atoms with Crippen molar-refractivity contribution in [3.63, 3.8) is 0 Å². The summed E-state index contributed by atoms with van der Waals surface area (Å²) in [5.41, 5.74) is 5.18. The quantitative estimate of drug-likeness (QED) is 0.727. The van der Waals surface area contributed by atoms with E-state index >= 15 is 0 Å². The van der Waals surface area contributed by atoms with Gasteiger partial charge in [0.2, 0.25) is 0 Å². The fourth-order valence-electron chi connectivity index (χ4n) is 2.29. The highest BCUT2D eigenvalue weighted by Gasteiger charge is 2.18. The number of nitrogens with zero attached hydrogens (tertiary/aromatic N) is 1. The largest absolute Gasteiger partial charge is 0.363 e. The number of fused-ring (bicyclic) bond motifs is 1. The molecule has 86 valence electrons. The molecule has 1 nitrogen and oxygen atoms in total. The van der Waals surface area contributed by atoms with Crippen LogP contribution >= 0.6 is 11.6 Å². The normalized spacial score (nSPS) is 13.9. The topological polar surface area (TPSA) is 3.24 Å². The zero-order chi connectivity index (χ0) is 11.8. The van der Waals surface area contributed by atoms with E-state index in [1.165, 1.54) is 16.8 Å². The van der Waals surface area contributed by atoms with Crippen LogP contribution in [0.2, 0.25) is 5.02 Å². The Balaban J connectivity index is 1.91. The molecular weight excluding hydrogens is 230 g/mol. The van der Waals surface area contributed by atoms with E-state index in [1.807, 2.05) is 6.92 Å². The summed E-state index contributed by atoms with van der Waals surface area (Å²) in [6.07, 6.45) is 0. The SMILES string of the molecule is Cc1ccc(N2Cc3ccccc3C2)cc1Cl. The van der Waals surface area contributed by atoms with Crippen LogP contribution in [0.1, 0.15) is 16.7 Å². The molecule has 0 saturated heterocycles. The molecule has 0 bridgehead atoms. The number of rotatable bonds is 1. The van der Waals surface area contributed by atoms with Gasteiger partial charge < -0.3 is 4.90 Å². The summed E-state index contributed by atoms with van der Waals surface area (Å²) < 4.78 is 0. The lowest BCUT2D eigenvalue weighted by molar-refractivity contribution is 0.880. The first-order valence-electron chi connectivity index (χ1n) is 5.82. The molecule has 0 atom stereocenters. The molecule has 0 unspecified atom stereocenters. The minimum atomic E-state index is 0.846. The van der Waals surface area contributed by atoms with Crippen LogP contribution in [0.3, 0.4) is 0 Å². The van der Waals surface area contributed by atoms with Gasteiger partial charge in [0, 0.05) is 23.8 Å². The first-order valence-corrected chi connectivity index (χ1v) is 6.20. The Morgan fingerprint density at radius 1 is 1.00 bits per heavy atom. The summed E-state index contributed by atoms with van der Waals surface area (Å²) in [5.74, 6) is 0. The van der Waals surface area contributed by atoms with Gasteiger partial charge in [0.25, 0.3) is 0 Å². The van der Waals surface area contributed by atoms with Gasteiger partial charge in [-0.3, -0.25) is 0 Å². The van der Waals surface area contributed by atoms with Gasteiger partial charge in [0.05, 0.1) is 0 Å². The van der Waals surface area contributed by atoms with Crippen molar-refractivity contribution in [3.8, 4) is 0 Å². The van der Waals surface area contributed by atoms with Crippen molar-refractivity contribution in [2.75, 3.05) is 4.90 Å². The highest BCUT2D eigenvalue weighted by molar-refractivity contribution is 6.31. The third kappa shape index (κ3) is 1.91. The van der Waals surface area contributed by atoms with Crippen molar-refractivity contribution in [1.82, 2.24) is 0 Å². The van der Waals surface area contributed by atoms with E-state index in [4.69, 9.17) is 11.6 Å². The van der Waals surface area contributed by atoms with Crippen LogP contribution in [-0.2, 0) is 13.1 Å². The van der Waals surface area contributed by atoms with Crippen LogP contribution < -0.4 is 4.90 Å². The molecule has 2 aromatic carbocycles. The third-order valence-corrected chi connectivity index (χ3v) is 3.77. The van der Waals surface area contributed by atoms with E-state index in [-0.39, 0.29) is 0 Å². The van der Waals surface area contributed by atoms with Crippen molar-refractivity contribution in [3.05, 3.63) is 64.2 Å². The summed E-state index contributed by atoms with van der Waals surface area (Å²) in [5, 5.41) is 0.846. The number of hydrogen-bond donors (Lipinski definition) is 0. The van der Waals surface area contributed by atoms with Gasteiger partial charge in [-0.15, -0.1) is 0 Å². The van der Waals surface area contributed by atoms with Gasteiger partial charge in [-0.1, -0.05) is 41.9 Å². The summed E-state index contributed by atoms with van der Waals surface area (Å²) in [6.45, 7) is 4.00. The molecular formula is C15H14ClN. The predicted octanol–water partition coefficient (Wildman–Crippen LogP) is 4.17. The smallest absolute Gasteiger partial charge is 0.0455 e. The number of hydrogen-bond acceptors (Lipinski definition) is 1. The Morgan fingerprint density at radius 3 is 2.24 bits per heavy atom. The van der Waals surface area contributed by atoms with Crippen molar-refractivity contribution < 1.29 is 0 Å². The molecule has 0 saturated carbocycles. The van der Waals surface area contributed by atoms with Crippen molar-refractivity contribution in [2.45, 2.75) is 20.0 Å². The fraction of sp³-hybridized carbons (Fsp3) is 0.200. The highest BCUT2D eigenvalue weighted by atomic mass is 35.5. The van der Waals surface area contributed by atoms with E-state index in [0.29, 0.717) is 0 Å². The van der Waals surface area contributed by atoms with Gasteiger partial charge in [0.15, 0.2) is 0 Å².